The molecule has 3 heterocycles. The van der Waals surface area contributed by atoms with E-state index in [0.717, 1.165) is 34.3 Å². The van der Waals surface area contributed by atoms with Gasteiger partial charge in [-0.05, 0) is 13.0 Å². The third kappa shape index (κ3) is 2.05. The van der Waals surface area contributed by atoms with Gasteiger partial charge in [0.1, 0.15) is 18.2 Å². The number of hydrogen-bond donors (Lipinski definition) is 0. The van der Waals surface area contributed by atoms with Gasteiger partial charge in [0, 0.05) is 18.0 Å². The van der Waals surface area contributed by atoms with Crippen LogP contribution in [-0.2, 0) is 13.2 Å². The second kappa shape index (κ2) is 4.66. The van der Waals surface area contributed by atoms with E-state index in [1.165, 1.54) is 0 Å². The van der Waals surface area contributed by atoms with Crippen molar-refractivity contribution in [2.75, 3.05) is 0 Å². The Kier molecular flexibility index (Phi) is 2.67. The average molecular weight is 279 g/mol. The molecule has 3 aromatic rings. The Balaban J connectivity index is 1.81. The zero-order valence-corrected chi connectivity index (χ0v) is 11.5. The Hall–Kier alpha value is -2.76. The van der Waals surface area contributed by atoms with E-state index in [1.807, 2.05) is 25.1 Å². The summed E-state index contributed by atoms with van der Waals surface area (Å²) in [6.45, 7) is 2.95. The van der Waals surface area contributed by atoms with Crippen molar-refractivity contribution in [3.8, 4) is 17.1 Å². The van der Waals surface area contributed by atoms with Gasteiger partial charge in [-0.15, -0.1) is 10.2 Å². The van der Waals surface area contributed by atoms with Crippen molar-refractivity contribution < 1.29 is 4.74 Å². The first-order valence-electron chi connectivity index (χ1n) is 6.73. The van der Waals surface area contributed by atoms with Crippen molar-refractivity contribution in [1.82, 2.24) is 24.7 Å². The highest BCUT2D eigenvalue weighted by Crippen LogP contribution is 2.27. The van der Waals surface area contributed by atoms with Crippen LogP contribution in [0.5, 0.6) is 5.75 Å². The molecule has 0 fully saturated rings. The fourth-order valence-electron chi connectivity index (χ4n) is 2.42. The summed E-state index contributed by atoms with van der Waals surface area (Å²) >= 11 is 0. The molecule has 2 aromatic heterocycles. The molecule has 0 saturated heterocycles. The molecule has 0 atom stereocenters. The average Bonchev–Trinajstić information content (AvgIpc) is 2.81. The number of para-hydroxylation sites is 1. The fourth-order valence-corrected chi connectivity index (χ4v) is 2.42. The van der Waals surface area contributed by atoms with Crippen molar-refractivity contribution in [1.29, 1.82) is 0 Å². The minimum atomic E-state index is 0.413. The second-order valence-corrected chi connectivity index (χ2v) is 4.94. The van der Waals surface area contributed by atoms with Crippen LogP contribution in [0.1, 0.15) is 17.2 Å². The quantitative estimate of drug-likeness (QED) is 0.681. The van der Waals surface area contributed by atoms with Gasteiger partial charge in [0.05, 0.1) is 12.1 Å². The molecule has 0 unspecified atom stereocenters. The standard InChI is InChI=1S/C15H13N5O/c1-10-16-6-12(7-17-10)15-19-18-14-9-21-13-5-3-2-4-11(13)8-20(14)15/h2-7H,8-9H2,1H3. The van der Waals surface area contributed by atoms with Crippen LogP contribution in [0.4, 0.5) is 0 Å². The van der Waals surface area contributed by atoms with Crippen LogP contribution in [0.3, 0.4) is 0 Å². The number of ether oxygens (including phenoxy) is 1. The predicted molar refractivity (Wildman–Crippen MR) is 75.7 cm³/mol. The van der Waals surface area contributed by atoms with Crippen LogP contribution in [0.25, 0.3) is 11.4 Å². The molecular formula is C15H13N5O. The SMILES string of the molecule is Cc1ncc(-c2nnc3n2Cc2ccccc2OC3)cn1. The molecule has 6 heteroatoms. The van der Waals surface area contributed by atoms with Crippen LogP contribution in [0.2, 0.25) is 0 Å². The van der Waals surface area contributed by atoms with E-state index in [-0.39, 0.29) is 0 Å². The Morgan fingerprint density at radius 2 is 1.90 bits per heavy atom. The zero-order valence-electron chi connectivity index (χ0n) is 11.5. The van der Waals surface area contributed by atoms with Gasteiger partial charge in [0.25, 0.3) is 0 Å². The van der Waals surface area contributed by atoms with E-state index < -0.39 is 0 Å². The summed E-state index contributed by atoms with van der Waals surface area (Å²) in [5.41, 5.74) is 1.98. The van der Waals surface area contributed by atoms with Crippen molar-refractivity contribution in [2.24, 2.45) is 0 Å². The van der Waals surface area contributed by atoms with E-state index in [4.69, 9.17) is 4.74 Å². The molecule has 6 nitrogen and oxygen atoms in total. The van der Waals surface area contributed by atoms with Gasteiger partial charge in [-0.2, -0.15) is 0 Å². The molecule has 0 bridgehead atoms. The molecule has 0 amide bonds. The molecule has 0 spiro atoms. The number of hydrogen-bond acceptors (Lipinski definition) is 5. The Labute approximate surface area is 121 Å². The van der Waals surface area contributed by atoms with Gasteiger partial charge in [-0.25, -0.2) is 9.97 Å². The maximum atomic E-state index is 5.79. The molecule has 1 aromatic carbocycles. The molecule has 4 rings (SSSR count). The summed E-state index contributed by atoms with van der Waals surface area (Å²) in [5.74, 6) is 3.21. The highest BCUT2D eigenvalue weighted by atomic mass is 16.5. The number of nitrogens with zero attached hydrogens (tertiary/aromatic N) is 5. The minimum absolute atomic E-state index is 0.413. The topological polar surface area (TPSA) is 65.7 Å². The smallest absolute Gasteiger partial charge is 0.171 e. The summed E-state index contributed by atoms with van der Waals surface area (Å²) in [7, 11) is 0. The third-order valence-corrected chi connectivity index (χ3v) is 3.52. The maximum absolute atomic E-state index is 5.79. The van der Waals surface area contributed by atoms with Crippen LogP contribution in [0.15, 0.2) is 36.7 Å². The van der Waals surface area contributed by atoms with Gasteiger partial charge < -0.3 is 9.30 Å². The lowest BCUT2D eigenvalue weighted by Crippen LogP contribution is -2.05. The molecule has 104 valence electrons. The van der Waals surface area contributed by atoms with Gasteiger partial charge >= 0.3 is 0 Å². The Morgan fingerprint density at radius 3 is 2.76 bits per heavy atom. The van der Waals surface area contributed by atoms with Gasteiger partial charge in [-0.3, -0.25) is 0 Å². The van der Waals surface area contributed by atoms with Gasteiger partial charge in [0.15, 0.2) is 11.6 Å². The van der Waals surface area contributed by atoms with Crippen molar-refractivity contribution in [2.45, 2.75) is 20.1 Å². The van der Waals surface area contributed by atoms with Crippen LogP contribution < -0.4 is 4.74 Å². The Morgan fingerprint density at radius 1 is 1.10 bits per heavy atom. The first-order chi connectivity index (χ1) is 10.3. The molecular weight excluding hydrogens is 266 g/mol. The molecule has 21 heavy (non-hydrogen) atoms. The predicted octanol–water partition coefficient (Wildman–Crippen LogP) is 1.98. The first-order valence-corrected chi connectivity index (χ1v) is 6.73. The third-order valence-electron chi connectivity index (χ3n) is 3.52. The zero-order chi connectivity index (χ0) is 14.2. The lowest BCUT2D eigenvalue weighted by atomic mass is 10.2. The van der Waals surface area contributed by atoms with Crippen LogP contribution in [0, 0.1) is 6.92 Å². The number of fused-ring (bicyclic) bond motifs is 2. The van der Waals surface area contributed by atoms with Gasteiger partial charge in [-0.1, -0.05) is 18.2 Å². The lowest BCUT2D eigenvalue weighted by molar-refractivity contribution is 0.297. The summed E-state index contributed by atoms with van der Waals surface area (Å²) in [6, 6.07) is 8.01. The molecule has 0 radical (unpaired) electrons. The normalized spacial score (nSPS) is 13.0. The second-order valence-electron chi connectivity index (χ2n) is 4.94. The summed E-state index contributed by atoms with van der Waals surface area (Å²) in [4.78, 5) is 8.46. The van der Waals surface area contributed by atoms with E-state index >= 15 is 0 Å². The van der Waals surface area contributed by atoms with Gasteiger partial charge in [0.2, 0.25) is 0 Å². The van der Waals surface area contributed by atoms with Crippen molar-refractivity contribution >= 4 is 0 Å². The molecule has 1 aliphatic heterocycles. The summed E-state index contributed by atoms with van der Waals surface area (Å²) in [6.07, 6.45) is 3.55. The largest absolute Gasteiger partial charge is 0.485 e. The number of aryl methyl sites for hydroxylation is 1. The van der Waals surface area contributed by atoms with Crippen LogP contribution in [-0.4, -0.2) is 24.7 Å². The van der Waals surface area contributed by atoms with E-state index in [9.17, 15) is 0 Å². The van der Waals surface area contributed by atoms with Crippen molar-refractivity contribution in [3.63, 3.8) is 0 Å². The fraction of sp³-hybridized carbons (Fsp3) is 0.200. The molecule has 1 aliphatic rings. The highest BCUT2D eigenvalue weighted by Gasteiger charge is 2.19. The van der Waals surface area contributed by atoms with Crippen molar-refractivity contribution in [3.05, 3.63) is 53.9 Å². The molecule has 0 saturated carbocycles. The van der Waals surface area contributed by atoms with Crippen LogP contribution >= 0.6 is 0 Å². The number of aromatic nitrogens is 5. The highest BCUT2D eigenvalue weighted by molar-refractivity contribution is 5.53. The minimum Gasteiger partial charge on any atom is -0.485 e. The number of rotatable bonds is 1. The lowest BCUT2D eigenvalue weighted by Gasteiger charge is -2.07. The Bertz CT molecular complexity index is 794. The molecule has 0 N–H and O–H groups in total. The number of benzene rings is 1. The molecule has 0 aliphatic carbocycles. The van der Waals surface area contributed by atoms with E-state index in [1.54, 1.807) is 12.4 Å². The monoisotopic (exact) mass is 279 g/mol. The maximum Gasteiger partial charge on any atom is 0.171 e. The first kappa shape index (κ1) is 12.0. The summed E-state index contributed by atoms with van der Waals surface area (Å²) in [5, 5.41) is 8.50. The van der Waals surface area contributed by atoms with E-state index in [2.05, 4.69) is 30.8 Å². The van der Waals surface area contributed by atoms with E-state index in [0.29, 0.717) is 13.2 Å². The summed E-state index contributed by atoms with van der Waals surface area (Å²) < 4.78 is 7.84.